The Bertz CT molecular complexity index is 517. The third-order valence-electron chi connectivity index (χ3n) is 3.11. The normalized spacial score (nSPS) is 20.9. The number of hydrogen-bond donors (Lipinski definition) is 1. The molecule has 1 saturated heterocycles. The van der Waals surface area contributed by atoms with Crippen molar-refractivity contribution in [2.45, 2.75) is 58.2 Å². The summed E-state index contributed by atoms with van der Waals surface area (Å²) >= 11 is 1.09. The molecule has 0 aromatic carbocycles. The largest absolute Gasteiger partial charge is 0.459 e. The number of carbonyl (C=O) groups is 1. The molecule has 1 aliphatic rings. The highest BCUT2D eigenvalue weighted by atomic mass is 32.1. The molecule has 1 atom stereocenters. The average molecular weight is 299 g/mol. The van der Waals surface area contributed by atoms with Crippen molar-refractivity contribution in [2.75, 3.05) is 6.54 Å². The van der Waals surface area contributed by atoms with Gasteiger partial charge in [-0.2, -0.15) is 5.10 Å². The minimum Gasteiger partial charge on any atom is -0.459 e. The van der Waals surface area contributed by atoms with Crippen LogP contribution in [0.1, 0.15) is 45.0 Å². The first-order chi connectivity index (χ1) is 9.35. The number of nitrogens with one attached hydrogen (secondary N) is 1. The first-order valence-electron chi connectivity index (χ1n) is 6.86. The molecule has 0 radical (unpaired) electrons. The molecule has 1 N–H and O–H groups in total. The summed E-state index contributed by atoms with van der Waals surface area (Å²) in [5, 5.41) is 7.09. The summed E-state index contributed by atoms with van der Waals surface area (Å²) in [6.07, 6.45) is 2.88. The molecule has 6 nitrogen and oxygen atoms in total. The molecule has 2 rings (SSSR count). The Labute approximate surface area is 122 Å². The molecule has 1 fully saturated rings. The van der Waals surface area contributed by atoms with Crippen LogP contribution in [-0.2, 0) is 16.1 Å². The average Bonchev–Trinajstić information content (AvgIpc) is 2.73. The molecule has 1 aromatic heterocycles. The van der Waals surface area contributed by atoms with Crippen LogP contribution >= 0.6 is 11.3 Å². The zero-order valence-electron chi connectivity index (χ0n) is 12.1. The second kappa shape index (κ2) is 6.05. The third kappa shape index (κ3) is 4.14. The molecule has 112 valence electrons. The van der Waals surface area contributed by atoms with Gasteiger partial charge < -0.3 is 4.74 Å². The number of aromatic nitrogens is 2. The minimum atomic E-state index is -0.475. The number of aromatic amines is 1. The first-order valence-corrected chi connectivity index (χ1v) is 7.68. The van der Waals surface area contributed by atoms with Gasteiger partial charge in [0.15, 0.2) is 0 Å². The molecule has 0 aliphatic carbocycles. The second-order valence-corrected chi connectivity index (χ2v) is 7.07. The van der Waals surface area contributed by atoms with Crippen molar-refractivity contribution >= 4 is 17.3 Å². The second-order valence-electron chi connectivity index (χ2n) is 6.02. The number of H-pyrrole nitrogens is 1. The number of nitrogens with zero attached hydrogens (tertiary/aromatic N) is 2. The van der Waals surface area contributed by atoms with Gasteiger partial charge in [0.25, 0.3) is 0 Å². The summed E-state index contributed by atoms with van der Waals surface area (Å²) in [7, 11) is 0. The molecule has 2 heterocycles. The predicted molar refractivity (Wildman–Crippen MR) is 76.6 cm³/mol. The Morgan fingerprint density at radius 1 is 1.50 bits per heavy atom. The van der Waals surface area contributed by atoms with Crippen LogP contribution in [-0.4, -0.2) is 39.3 Å². The number of hydrogen-bond acceptors (Lipinski definition) is 6. The van der Waals surface area contributed by atoms with Gasteiger partial charge in [0, 0.05) is 0 Å². The molecular formula is C13H21N3O3S. The van der Waals surface area contributed by atoms with Crippen LogP contribution in [0, 0.1) is 0 Å². The van der Waals surface area contributed by atoms with Crippen molar-refractivity contribution in [2.24, 2.45) is 0 Å². The van der Waals surface area contributed by atoms with Crippen LogP contribution in [0.15, 0.2) is 4.79 Å². The summed E-state index contributed by atoms with van der Waals surface area (Å²) in [5.74, 6) is -0.180. The Morgan fingerprint density at radius 3 is 2.85 bits per heavy atom. The fourth-order valence-electron chi connectivity index (χ4n) is 2.32. The van der Waals surface area contributed by atoms with Gasteiger partial charge in [-0.1, -0.05) is 17.8 Å². The number of ether oxygens (including phenoxy) is 1. The summed E-state index contributed by atoms with van der Waals surface area (Å²) in [6.45, 7) is 6.97. The van der Waals surface area contributed by atoms with Gasteiger partial charge >= 0.3 is 10.8 Å². The van der Waals surface area contributed by atoms with Crippen LogP contribution in [0.3, 0.4) is 0 Å². The van der Waals surface area contributed by atoms with Gasteiger partial charge in [-0.05, 0) is 40.2 Å². The number of carbonyl (C=O) groups excluding carboxylic acids is 1. The number of piperidine rings is 1. The molecule has 1 unspecified atom stereocenters. The zero-order chi connectivity index (χ0) is 14.8. The molecular weight excluding hydrogens is 278 g/mol. The van der Waals surface area contributed by atoms with Crippen molar-refractivity contribution in [3.8, 4) is 0 Å². The highest BCUT2D eigenvalue weighted by Crippen LogP contribution is 2.22. The number of likely N-dealkylation sites (tertiary alicyclic amines) is 1. The Morgan fingerprint density at radius 2 is 2.25 bits per heavy atom. The van der Waals surface area contributed by atoms with Gasteiger partial charge in [0.05, 0.1) is 6.54 Å². The van der Waals surface area contributed by atoms with E-state index in [1.807, 2.05) is 20.8 Å². The first kappa shape index (κ1) is 15.2. The van der Waals surface area contributed by atoms with Crippen LogP contribution in [0.5, 0.6) is 0 Å². The van der Waals surface area contributed by atoms with Crippen LogP contribution in [0.25, 0.3) is 0 Å². The monoisotopic (exact) mass is 299 g/mol. The van der Waals surface area contributed by atoms with E-state index in [4.69, 9.17) is 4.74 Å². The van der Waals surface area contributed by atoms with Crippen molar-refractivity contribution in [3.05, 3.63) is 14.7 Å². The molecule has 1 aromatic rings. The Kier molecular flexibility index (Phi) is 4.59. The quantitative estimate of drug-likeness (QED) is 0.857. The lowest BCUT2D eigenvalue weighted by Gasteiger charge is -2.35. The lowest BCUT2D eigenvalue weighted by Crippen LogP contribution is -2.46. The predicted octanol–water partition coefficient (Wildman–Crippen LogP) is 1.53. The molecule has 20 heavy (non-hydrogen) atoms. The van der Waals surface area contributed by atoms with Gasteiger partial charge in [0.1, 0.15) is 16.7 Å². The maximum atomic E-state index is 12.3. The fraction of sp³-hybridized carbons (Fsp3) is 0.769. The van der Waals surface area contributed by atoms with Gasteiger partial charge in [0.2, 0.25) is 0 Å². The van der Waals surface area contributed by atoms with E-state index in [1.54, 1.807) is 0 Å². The summed E-state index contributed by atoms with van der Waals surface area (Å²) in [6, 6.07) is -0.234. The van der Waals surface area contributed by atoms with E-state index in [9.17, 15) is 9.59 Å². The van der Waals surface area contributed by atoms with Crippen LogP contribution in [0.4, 0.5) is 0 Å². The van der Waals surface area contributed by atoms with Gasteiger partial charge in [-0.15, -0.1) is 0 Å². The lowest BCUT2D eigenvalue weighted by atomic mass is 10.0. The van der Waals surface area contributed by atoms with Crippen molar-refractivity contribution in [1.29, 1.82) is 0 Å². The maximum absolute atomic E-state index is 12.3. The number of esters is 1. The third-order valence-corrected chi connectivity index (χ3v) is 3.85. The maximum Gasteiger partial charge on any atom is 0.323 e. The van der Waals surface area contributed by atoms with Gasteiger partial charge in [-0.25, -0.2) is 5.10 Å². The van der Waals surface area contributed by atoms with E-state index in [0.29, 0.717) is 11.6 Å². The smallest absolute Gasteiger partial charge is 0.323 e. The van der Waals surface area contributed by atoms with E-state index in [1.165, 1.54) is 0 Å². The van der Waals surface area contributed by atoms with E-state index in [0.717, 1.165) is 37.1 Å². The SMILES string of the molecule is CC(C)(C)OC(=O)C1CCCCN1Cc1n[nH]c(=O)s1. The van der Waals surface area contributed by atoms with Crippen LogP contribution < -0.4 is 4.87 Å². The van der Waals surface area contributed by atoms with Crippen molar-refractivity contribution < 1.29 is 9.53 Å². The van der Waals surface area contributed by atoms with E-state index < -0.39 is 5.60 Å². The summed E-state index contributed by atoms with van der Waals surface area (Å²) in [4.78, 5) is 25.3. The lowest BCUT2D eigenvalue weighted by molar-refractivity contribution is -0.163. The van der Waals surface area contributed by atoms with Crippen molar-refractivity contribution in [3.63, 3.8) is 0 Å². The van der Waals surface area contributed by atoms with Crippen LogP contribution in [0.2, 0.25) is 0 Å². The van der Waals surface area contributed by atoms with Gasteiger partial charge in [-0.3, -0.25) is 14.5 Å². The molecule has 0 spiro atoms. The number of rotatable bonds is 3. The molecule has 7 heteroatoms. The fourth-order valence-corrected chi connectivity index (χ4v) is 2.95. The Balaban J connectivity index is 2.05. The topological polar surface area (TPSA) is 75.3 Å². The summed E-state index contributed by atoms with van der Waals surface area (Å²) < 4.78 is 5.48. The Hall–Kier alpha value is -1.21. The van der Waals surface area contributed by atoms with E-state index in [2.05, 4.69) is 15.1 Å². The minimum absolute atomic E-state index is 0.161. The highest BCUT2D eigenvalue weighted by Gasteiger charge is 2.32. The molecule has 0 amide bonds. The standard InChI is InChI=1S/C13H21N3O3S/c1-13(2,3)19-11(17)9-6-4-5-7-16(9)8-10-14-15-12(18)20-10/h9H,4-8H2,1-3H3,(H,15,18). The summed E-state index contributed by atoms with van der Waals surface area (Å²) in [5.41, 5.74) is -0.475. The van der Waals surface area contributed by atoms with Crippen molar-refractivity contribution in [1.82, 2.24) is 15.1 Å². The highest BCUT2D eigenvalue weighted by molar-refractivity contribution is 7.08. The van der Waals surface area contributed by atoms with E-state index in [-0.39, 0.29) is 16.9 Å². The van der Waals surface area contributed by atoms with E-state index >= 15 is 0 Å². The molecule has 1 aliphatic heterocycles. The molecule has 0 saturated carbocycles. The zero-order valence-corrected chi connectivity index (χ0v) is 13.0. The molecule has 0 bridgehead atoms.